The quantitative estimate of drug-likeness (QED) is 0.587. The smallest absolute Gasteiger partial charge is 0.180 e. The predicted octanol–water partition coefficient (Wildman–Crippen LogP) is 3.64. The van der Waals surface area contributed by atoms with Crippen molar-refractivity contribution < 1.29 is 0 Å². The Balaban J connectivity index is 1.61. The van der Waals surface area contributed by atoms with E-state index in [1.165, 1.54) is 0 Å². The maximum absolute atomic E-state index is 6.02. The van der Waals surface area contributed by atoms with Crippen molar-refractivity contribution in [3.05, 3.63) is 71.6 Å². The molecule has 3 aromatic heterocycles. The van der Waals surface area contributed by atoms with Gasteiger partial charge < -0.3 is 11.1 Å². The molecular formula is C18H15ClN6. The molecule has 4 aromatic rings. The van der Waals surface area contributed by atoms with Crippen LogP contribution < -0.4 is 11.1 Å². The molecule has 3 N–H and O–H groups in total. The average molecular weight is 351 g/mol. The van der Waals surface area contributed by atoms with Crippen LogP contribution in [-0.2, 0) is 6.54 Å². The minimum absolute atomic E-state index is 0.393. The number of nitrogens with one attached hydrogen (secondary N) is 1. The number of rotatable bonds is 4. The van der Waals surface area contributed by atoms with E-state index in [9.17, 15) is 0 Å². The maximum atomic E-state index is 6.02. The Morgan fingerprint density at radius 2 is 2.00 bits per heavy atom. The van der Waals surface area contributed by atoms with E-state index in [1.54, 1.807) is 12.4 Å². The Labute approximate surface area is 149 Å². The monoisotopic (exact) mass is 350 g/mol. The number of fused-ring (bicyclic) bond motifs is 1. The Morgan fingerprint density at radius 1 is 1.12 bits per heavy atom. The third kappa shape index (κ3) is 3.12. The number of nitrogens with zero attached hydrogens (tertiary/aromatic N) is 4. The Bertz CT molecular complexity index is 1040. The third-order valence-corrected chi connectivity index (χ3v) is 4.06. The van der Waals surface area contributed by atoms with Crippen molar-refractivity contribution >= 4 is 28.9 Å². The lowest BCUT2D eigenvalue weighted by atomic mass is 10.2. The van der Waals surface area contributed by atoms with Crippen LogP contribution in [0.4, 0.5) is 11.6 Å². The molecule has 0 atom stereocenters. The van der Waals surface area contributed by atoms with E-state index in [-0.39, 0.29) is 0 Å². The SMILES string of the molecule is Nc1nccn2c(-c3cccc(NCc4cccc(Cl)c4)n3)cnc12. The second kappa shape index (κ2) is 6.41. The van der Waals surface area contributed by atoms with Crippen LogP contribution in [-0.4, -0.2) is 19.4 Å². The molecule has 0 fully saturated rings. The number of nitrogen functional groups attached to an aromatic ring is 1. The molecule has 0 bridgehead atoms. The van der Waals surface area contributed by atoms with Gasteiger partial charge in [-0.2, -0.15) is 0 Å². The zero-order valence-electron chi connectivity index (χ0n) is 13.2. The summed E-state index contributed by atoms with van der Waals surface area (Å²) < 4.78 is 1.88. The minimum atomic E-state index is 0.393. The number of anilines is 2. The molecule has 25 heavy (non-hydrogen) atoms. The molecule has 1 aromatic carbocycles. The minimum Gasteiger partial charge on any atom is -0.381 e. The lowest BCUT2D eigenvalue weighted by Crippen LogP contribution is -2.02. The van der Waals surface area contributed by atoms with Crippen molar-refractivity contribution in [1.29, 1.82) is 0 Å². The van der Waals surface area contributed by atoms with Gasteiger partial charge in [-0.25, -0.2) is 15.0 Å². The molecular weight excluding hydrogens is 336 g/mol. The van der Waals surface area contributed by atoms with Gasteiger partial charge in [-0.15, -0.1) is 0 Å². The normalized spacial score (nSPS) is 10.9. The summed E-state index contributed by atoms with van der Waals surface area (Å²) in [6.07, 6.45) is 5.22. The lowest BCUT2D eigenvalue weighted by Gasteiger charge is -2.08. The molecule has 4 rings (SSSR count). The molecule has 0 saturated heterocycles. The van der Waals surface area contributed by atoms with E-state index in [0.717, 1.165) is 27.8 Å². The molecule has 0 aliphatic rings. The molecule has 0 aliphatic carbocycles. The van der Waals surface area contributed by atoms with Gasteiger partial charge in [0.1, 0.15) is 5.82 Å². The van der Waals surface area contributed by atoms with Gasteiger partial charge in [-0.3, -0.25) is 4.40 Å². The first kappa shape index (κ1) is 15.4. The summed E-state index contributed by atoms with van der Waals surface area (Å²) in [6.45, 7) is 0.640. The summed E-state index contributed by atoms with van der Waals surface area (Å²) in [6, 6.07) is 13.5. The van der Waals surface area contributed by atoms with Gasteiger partial charge in [0, 0.05) is 24.0 Å². The summed E-state index contributed by atoms with van der Waals surface area (Å²) in [5, 5.41) is 4.03. The first-order valence-corrected chi connectivity index (χ1v) is 8.12. The second-order valence-corrected chi connectivity index (χ2v) is 5.98. The van der Waals surface area contributed by atoms with Crippen LogP contribution in [0.15, 0.2) is 61.1 Å². The predicted molar refractivity (Wildman–Crippen MR) is 99.4 cm³/mol. The highest BCUT2D eigenvalue weighted by molar-refractivity contribution is 6.30. The topological polar surface area (TPSA) is 81.1 Å². The highest BCUT2D eigenvalue weighted by atomic mass is 35.5. The molecule has 0 spiro atoms. The molecule has 0 amide bonds. The van der Waals surface area contributed by atoms with Crippen LogP contribution in [0.1, 0.15) is 5.56 Å². The number of aromatic nitrogens is 4. The van der Waals surface area contributed by atoms with E-state index in [4.69, 9.17) is 17.3 Å². The summed E-state index contributed by atoms with van der Waals surface area (Å²) in [4.78, 5) is 13.0. The zero-order valence-corrected chi connectivity index (χ0v) is 14.0. The Hall–Kier alpha value is -3.12. The first-order chi connectivity index (χ1) is 12.2. The van der Waals surface area contributed by atoms with Gasteiger partial charge in [0.15, 0.2) is 11.5 Å². The van der Waals surface area contributed by atoms with Crippen molar-refractivity contribution in [1.82, 2.24) is 19.4 Å². The average Bonchev–Trinajstić information content (AvgIpc) is 3.06. The van der Waals surface area contributed by atoms with Crippen molar-refractivity contribution in [3.8, 4) is 11.4 Å². The fraction of sp³-hybridized carbons (Fsp3) is 0.0556. The zero-order chi connectivity index (χ0) is 17.2. The van der Waals surface area contributed by atoms with Gasteiger partial charge in [0.05, 0.1) is 17.6 Å². The van der Waals surface area contributed by atoms with Crippen LogP contribution in [0.25, 0.3) is 17.0 Å². The van der Waals surface area contributed by atoms with E-state index >= 15 is 0 Å². The van der Waals surface area contributed by atoms with Crippen LogP contribution >= 0.6 is 11.6 Å². The van der Waals surface area contributed by atoms with E-state index in [2.05, 4.69) is 20.3 Å². The van der Waals surface area contributed by atoms with Gasteiger partial charge in [-0.05, 0) is 29.8 Å². The fourth-order valence-electron chi connectivity index (χ4n) is 2.64. The van der Waals surface area contributed by atoms with Crippen molar-refractivity contribution in [2.75, 3.05) is 11.1 Å². The number of imidazole rings is 1. The fourth-order valence-corrected chi connectivity index (χ4v) is 2.86. The molecule has 0 aliphatic heterocycles. The third-order valence-electron chi connectivity index (χ3n) is 3.83. The molecule has 3 heterocycles. The van der Waals surface area contributed by atoms with Crippen LogP contribution in [0.3, 0.4) is 0 Å². The van der Waals surface area contributed by atoms with Crippen LogP contribution in [0.2, 0.25) is 5.02 Å². The number of hydrogen-bond acceptors (Lipinski definition) is 5. The molecule has 0 saturated carbocycles. The summed E-state index contributed by atoms with van der Waals surface area (Å²) in [7, 11) is 0. The number of nitrogens with two attached hydrogens (primary N) is 1. The van der Waals surface area contributed by atoms with Crippen LogP contribution in [0, 0.1) is 0 Å². The largest absolute Gasteiger partial charge is 0.381 e. The molecule has 124 valence electrons. The van der Waals surface area contributed by atoms with E-state index < -0.39 is 0 Å². The number of halogens is 1. The molecule has 6 nitrogen and oxygen atoms in total. The highest BCUT2D eigenvalue weighted by Gasteiger charge is 2.10. The molecule has 7 heteroatoms. The van der Waals surface area contributed by atoms with Gasteiger partial charge in [0.25, 0.3) is 0 Å². The van der Waals surface area contributed by atoms with E-state index in [0.29, 0.717) is 18.0 Å². The second-order valence-electron chi connectivity index (χ2n) is 5.54. The Morgan fingerprint density at radius 3 is 2.88 bits per heavy atom. The van der Waals surface area contributed by atoms with Crippen molar-refractivity contribution in [2.24, 2.45) is 0 Å². The molecule has 0 unspecified atom stereocenters. The Kier molecular flexibility index (Phi) is 3.95. The van der Waals surface area contributed by atoms with Crippen molar-refractivity contribution in [2.45, 2.75) is 6.54 Å². The number of benzene rings is 1. The highest BCUT2D eigenvalue weighted by Crippen LogP contribution is 2.22. The van der Waals surface area contributed by atoms with Gasteiger partial charge in [0.2, 0.25) is 0 Å². The summed E-state index contributed by atoms with van der Waals surface area (Å²) in [5.74, 6) is 1.17. The molecule has 0 radical (unpaired) electrons. The maximum Gasteiger partial charge on any atom is 0.180 e. The standard InChI is InChI=1S/C18H15ClN6/c19-13-4-1-3-12(9-13)10-22-16-6-2-5-14(24-16)15-11-23-18-17(20)21-7-8-25(15)18/h1-9,11H,10H2,(H2,20,21)(H,22,24). The van der Waals surface area contributed by atoms with E-state index in [1.807, 2.05) is 53.1 Å². The van der Waals surface area contributed by atoms with Gasteiger partial charge in [-0.1, -0.05) is 29.8 Å². The van der Waals surface area contributed by atoms with Gasteiger partial charge >= 0.3 is 0 Å². The first-order valence-electron chi connectivity index (χ1n) is 7.74. The van der Waals surface area contributed by atoms with Crippen LogP contribution in [0.5, 0.6) is 0 Å². The number of hydrogen-bond donors (Lipinski definition) is 2. The summed E-state index contributed by atoms with van der Waals surface area (Å²) >= 11 is 6.02. The van der Waals surface area contributed by atoms with Crippen molar-refractivity contribution in [3.63, 3.8) is 0 Å². The number of pyridine rings is 1. The lowest BCUT2D eigenvalue weighted by molar-refractivity contribution is 1.10. The summed E-state index contributed by atoms with van der Waals surface area (Å²) in [5.41, 5.74) is 9.23.